The fourth-order valence-corrected chi connectivity index (χ4v) is 13.3. The number of hydrogen-bond acceptors (Lipinski definition) is 8. The summed E-state index contributed by atoms with van der Waals surface area (Å²) >= 11 is 5.97. The van der Waals surface area contributed by atoms with Crippen LogP contribution in [0.5, 0.6) is 5.88 Å². The summed E-state index contributed by atoms with van der Waals surface area (Å²) in [4.78, 5) is 31.5. The van der Waals surface area contributed by atoms with Crippen molar-refractivity contribution in [1.82, 2.24) is 24.2 Å². The molecule has 10 nitrogen and oxygen atoms in total. The molecule has 1 amide bonds. The minimum atomic E-state index is -2.36. The van der Waals surface area contributed by atoms with Gasteiger partial charge < -0.3 is 18.8 Å². The third-order valence-electron chi connectivity index (χ3n) is 8.19. The van der Waals surface area contributed by atoms with Gasteiger partial charge in [0.1, 0.15) is 34.7 Å². The van der Waals surface area contributed by atoms with Crippen molar-refractivity contribution >= 4 is 48.5 Å². The summed E-state index contributed by atoms with van der Waals surface area (Å²) in [7, 11) is -0.863. The molecule has 1 unspecified atom stereocenters. The zero-order valence-electron chi connectivity index (χ0n) is 27.5. The van der Waals surface area contributed by atoms with E-state index in [1.54, 1.807) is 26.8 Å². The van der Waals surface area contributed by atoms with Crippen LogP contribution in [0, 0.1) is 5.95 Å². The number of hydrogen-bond donors (Lipinski definition) is 1. The Labute approximate surface area is 269 Å². The van der Waals surface area contributed by atoms with Gasteiger partial charge in [0.2, 0.25) is 11.8 Å². The van der Waals surface area contributed by atoms with Crippen LogP contribution in [0.4, 0.5) is 20.7 Å². The first-order valence-electron chi connectivity index (χ1n) is 14.9. The predicted molar refractivity (Wildman–Crippen MR) is 176 cm³/mol. The number of aliphatic hydroxyl groups is 1. The second-order valence-electron chi connectivity index (χ2n) is 13.0. The van der Waals surface area contributed by atoms with Gasteiger partial charge in [-0.25, -0.2) is 29.6 Å². The van der Waals surface area contributed by atoms with Gasteiger partial charge in [-0.05, 0) is 61.7 Å². The molecule has 0 aliphatic heterocycles. The first-order chi connectivity index (χ1) is 21.0. The Morgan fingerprint density at radius 1 is 1.00 bits per heavy atom. The second-order valence-corrected chi connectivity index (χ2v) is 19.1. The van der Waals surface area contributed by atoms with Gasteiger partial charge in [0, 0.05) is 17.3 Å². The number of fused-ring (bicyclic) bond motifs is 1. The molecule has 1 atom stereocenters. The highest BCUT2D eigenvalue weighted by Crippen LogP contribution is 2.46. The van der Waals surface area contributed by atoms with Crippen molar-refractivity contribution in [2.45, 2.75) is 90.6 Å². The predicted octanol–water partition coefficient (Wildman–Crippen LogP) is 8.20. The highest BCUT2D eigenvalue weighted by atomic mass is 35.5. The Morgan fingerprint density at radius 3 is 2.16 bits per heavy atom. The second kappa shape index (κ2) is 13.0. The SMILES string of the molecule is COc1ncnc2c1c(C(O)c1ccc(N(C(=O)OC(C)(C)C)c3ccc(Cl)nc3)nc1F)cn2[Si](C(C)C)(C(C)C)C(C)C. The van der Waals surface area contributed by atoms with Gasteiger partial charge in [0.15, 0.2) is 8.24 Å². The summed E-state index contributed by atoms with van der Waals surface area (Å²) in [5.74, 6) is -0.744. The van der Waals surface area contributed by atoms with Crippen molar-refractivity contribution in [2.24, 2.45) is 0 Å². The van der Waals surface area contributed by atoms with E-state index in [9.17, 15) is 9.90 Å². The molecule has 0 bridgehead atoms. The van der Waals surface area contributed by atoms with Gasteiger partial charge in [-0.3, -0.25) is 0 Å². The maximum Gasteiger partial charge on any atom is 0.420 e. The molecule has 4 rings (SSSR count). The number of ether oxygens (including phenoxy) is 2. The smallest absolute Gasteiger partial charge is 0.420 e. The quantitative estimate of drug-likeness (QED) is 0.142. The molecular formula is C32H42ClFN6O4Si. The number of nitrogens with zero attached hydrogens (tertiary/aromatic N) is 6. The molecule has 1 N–H and O–H groups in total. The van der Waals surface area contributed by atoms with E-state index in [0.717, 1.165) is 4.90 Å². The van der Waals surface area contributed by atoms with Gasteiger partial charge >= 0.3 is 6.09 Å². The summed E-state index contributed by atoms with van der Waals surface area (Å²) in [6.45, 7) is 18.5. The van der Waals surface area contributed by atoms with Crippen LogP contribution in [-0.2, 0) is 4.74 Å². The molecule has 0 saturated carbocycles. The number of carbonyl (C=O) groups excluding carboxylic acids is 1. The first-order valence-corrected chi connectivity index (χ1v) is 17.5. The zero-order valence-corrected chi connectivity index (χ0v) is 29.2. The Balaban J connectivity index is 1.89. The van der Waals surface area contributed by atoms with E-state index in [2.05, 4.69) is 65.7 Å². The number of methoxy groups -OCH3 is 1. The molecule has 0 saturated heterocycles. The van der Waals surface area contributed by atoms with Crippen LogP contribution in [0.15, 0.2) is 43.0 Å². The highest BCUT2D eigenvalue weighted by Gasteiger charge is 2.47. The van der Waals surface area contributed by atoms with Crippen LogP contribution >= 0.6 is 11.6 Å². The average Bonchev–Trinajstić information content (AvgIpc) is 3.33. The third kappa shape index (κ3) is 6.41. The van der Waals surface area contributed by atoms with Crippen molar-refractivity contribution < 1.29 is 23.8 Å². The molecule has 0 aliphatic carbocycles. The maximum absolute atomic E-state index is 16.0. The van der Waals surface area contributed by atoms with Crippen molar-refractivity contribution in [3.8, 4) is 5.88 Å². The van der Waals surface area contributed by atoms with Crippen molar-refractivity contribution in [3.63, 3.8) is 0 Å². The minimum absolute atomic E-state index is 0.0592. The Hall–Kier alpha value is -3.61. The molecule has 4 heterocycles. The lowest BCUT2D eigenvalue weighted by atomic mass is 10.0. The average molecular weight is 657 g/mol. The van der Waals surface area contributed by atoms with E-state index in [1.807, 2.05) is 6.20 Å². The van der Waals surface area contributed by atoms with Gasteiger partial charge in [0.05, 0.1) is 24.4 Å². The van der Waals surface area contributed by atoms with E-state index < -0.39 is 32.0 Å². The van der Waals surface area contributed by atoms with E-state index in [0.29, 0.717) is 33.2 Å². The number of amides is 1. The topological polar surface area (TPSA) is 115 Å². The molecule has 0 aliphatic rings. The Bertz CT molecular complexity index is 1650. The number of halogens is 2. The molecule has 4 aromatic rings. The number of pyridine rings is 2. The van der Waals surface area contributed by atoms with Crippen molar-refractivity contribution in [2.75, 3.05) is 12.0 Å². The monoisotopic (exact) mass is 656 g/mol. The fourth-order valence-electron chi connectivity index (χ4n) is 6.62. The number of anilines is 2. The first kappa shape index (κ1) is 34.3. The molecular weight excluding hydrogens is 615 g/mol. The fraction of sp³-hybridized carbons (Fsp3) is 0.469. The zero-order chi connectivity index (χ0) is 33.4. The normalized spacial score (nSPS) is 13.2. The maximum atomic E-state index is 16.0. The largest absolute Gasteiger partial charge is 0.480 e. The molecule has 4 aromatic heterocycles. The van der Waals surface area contributed by atoms with E-state index in [-0.39, 0.29) is 28.1 Å². The minimum Gasteiger partial charge on any atom is -0.480 e. The van der Waals surface area contributed by atoms with E-state index in [1.165, 1.54) is 37.8 Å². The molecule has 13 heteroatoms. The summed E-state index contributed by atoms with van der Waals surface area (Å²) in [5, 5.41) is 12.5. The van der Waals surface area contributed by atoms with E-state index in [4.69, 9.17) is 21.1 Å². The lowest BCUT2D eigenvalue weighted by molar-refractivity contribution is 0.0598. The Kier molecular flexibility index (Phi) is 9.91. The summed E-state index contributed by atoms with van der Waals surface area (Å²) in [6.07, 6.45) is 2.47. The van der Waals surface area contributed by atoms with Gasteiger partial charge in [-0.15, -0.1) is 0 Å². The number of rotatable bonds is 9. The molecule has 45 heavy (non-hydrogen) atoms. The molecule has 0 aromatic carbocycles. The van der Waals surface area contributed by atoms with Crippen LogP contribution in [0.3, 0.4) is 0 Å². The van der Waals surface area contributed by atoms with Gasteiger partial charge in [-0.1, -0.05) is 53.1 Å². The number of aliphatic hydroxyl groups excluding tert-OH is 1. The van der Waals surface area contributed by atoms with Crippen LogP contribution in [0.2, 0.25) is 21.8 Å². The number of carbonyl (C=O) groups is 1. The van der Waals surface area contributed by atoms with Gasteiger partial charge in [-0.2, -0.15) is 4.39 Å². The number of aromatic nitrogens is 5. The standard InChI is InChI=1S/C32H42ClFN6O4Si/c1-18(2)45(19(3)4,20(5)6)39-16-23(26-29(39)36-17-37-30(26)43-10)27(41)22-12-14-25(38-28(22)34)40(31(42)44-32(7,8)9)21-11-13-24(33)35-15-21/h11-20,27,41H,1-10H3. The van der Waals surface area contributed by atoms with Crippen LogP contribution in [-0.4, -0.2) is 56.3 Å². The molecule has 0 radical (unpaired) electrons. The van der Waals surface area contributed by atoms with Crippen LogP contribution in [0.1, 0.15) is 79.5 Å². The lowest BCUT2D eigenvalue weighted by Gasteiger charge is -2.44. The van der Waals surface area contributed by atoms with E-state index >= 15 is 4.39 Å². The van der Waals surface area contributed by atoms with Crippen molar-refractivity contribution in [3.05, 3.63) is 65.2 Å². The molecule has 0 spiro atoms. The third-order valence-corrected chi connectivity index (χ3v) is 15.1. The van der Waals surface area contributed by atoms with Gasteiger partial charge in [0.25, 0.3) is 0 Å². The van der Waals surface area contributed by atoms with Crippen LogP contribution < -0.4 is 9.64 Å². The summed E-state index contributed by atoms with van der Waals surface area (Å²) in [5.41, 5.74) is 1.34. The Morgan fingerprint density at radius 2 is 1.64 bits per heavy atom. The lowest BCUT2D eigenvalue weighted by Crippen LogP contribution is -2.51. The summed E-state index contributed by atoms with van der Waals surface area (Å²) < 4.78 is 29.4. The molecule has 0 fully saturated rings. The van der Waals surface area contributed by atoms with Crippen LogP contribution in [0.25, 0.3) is 11.0 Å². The highest BCUT2D eigenvalue weighted by molar-refractivity contribution is 6.82. The van der Waals surface area contributed by atoms with Crippen molar-refractivity contribution in [1.29, 1.82) is 0 Å². The molecule has 242 valence electrons. The summed E-state index contributed by atoms with van der Waals surface area (Å²) in [6, 6.07) is 5.91.